The monoisotopic (exact) mass is 316 g/mol. The van der Waals surface area contributed by atoms with Crippen LogP contribution in [0.25, 0.3) is 0 Å². The Labute approximate surface area is 127 Å². The fourth-order valence-electron chi connectivity index (χ4n) is 1.89. The van der Waals surface area contributed by atoms with Crippen molar-refractivity contribution in [1.82, 2.24) is 9.62 Å². The Morgan fingerprint density at radius 3 is 2.70 bits per heavy atom. The molecule has 114 valence electrons. The fraction of sp³-hybridized carbons (Fsp3) is 0.571. The van der Waals surface area contributed by atoms with Crippen LogP contribution < -0.4 is 5.32 Å². The van der Waals surface area contributed by atoms with Crippen molar-refractivity contribution < 1.29 is 8.42 Å². The fourth-order valence-corrected chi connectivity index (χ4v) is 3.93. The molecule has 1 aromatic rings. The second-order valence-corrected chi connectivity index (χ2v) is 7.81. The molecule has 0 saturated heterocycles. The first-order chi connectivity index (χ1) is 9.43. The van der Waals surface area contributed by atoms with Crippen LogP contribution in [0, 0.1) is 0 Å². The Morgan fingerprint density at radius 2 is 2.10 bits per heavy atom. The summed E-state index contributed by atoms with van der Waals surface area (Å²) < 4.78 is 26.7. The molecule has 0 saturated carbocycles. The molecule has 1 N–H and O–H groups in total. The molecule has 0 bridgehead atoms. The van der Waals surface area contributed by atoms with Gasteiger partial charge < -0.3 is 5.32 Å². The van der Waals surface area contributed by atoms with E-state index < -0.39 is 10.0 Å². The Morgan fingerprint density at radius 1 is 1.40 bits per heavy atom. The van der Waals surface area contributed by atoms with Crippen LogP contribution in [0.4, 0.5) is 0 Å². The van der Waals surface area contributed by atoms with Crippen molar-refractivity contribution in [2.24, 2.45) is 0 Å². The maximum Gasteiger partial charge on any atom is 0.243 e. The largest absolute Gasteiger partial charge is 0.316 e. The van der Waals surface area contributed by atoms with Gasteiger partial charge in [0.1, 0.15) is 0 Å². The summed E-state index contributed by atoms with van der Waals surface area (Å²) in [5.41, 5.74) is 0.971. The van der Waals surface area contributed by atoms with Crippen LogP contribution in [0.15, 0.2) is 29.2 Å². The summed E-state index contributed by atoms with van der Waals surface area (Å²) in [5.74, 6) is 0.959. The van der Waals surface area contributed by atoms with E-state index in [0.29, 0.717) is 11.4 Å². The summed E-state index contributed by atoms with van der Waals surface area (Å²) in [4.78, 5) is 0.365. The lowest BCUT2D eigenvalue weighted by Crippen LogP contribution is -2.35. The first-order valence-corrected chi connectivity index (χ1v) is 9.47. The van der Waals surface area contributed by atoms with E-state index in [-0.39, 0.29) is 6.04 Å². The predicted molar refractivity (Wildman–Crippen MR) is 86.6 cm³/mol. The molecule has 1 aromatic carbocycles. The van der Waals surface area contributed by atoms with Gasteiger partial charge in [0.05, 0.1) is 4.90 Å². The predicted octanol–water partition coefficient (Wildman–Crippen LogP) is 2.17. The molecule has 0 aromatic heterocycles. The molecular formula is C14H24N2O2S2. The van der Waals surface area contributed by atoms with Crippen molar-refractivity contribution in [2.75, 3.05) is 26.1 Å². The van der Waals surface area contributed by atoms with Crippen molar-refractivity contribution in [2.45, 2.75) is 30.8 Å². The minimum absolute atomic E-state index is 0.000376. The van der Waals surface area contributed by atoms with Gasteiger partial charge in [-0.2, -0.15) is 16.1 Å². The molecule has 6 heteroatoms. The van der Waals surface area contributed by atoms with E-state index in [1.54, 1.807) is 37.0 Å². The lowest BCUT2D eigenvalue weighted by Gasteiger charge is -2.24. The number of nitrogens with zero attached hydrogens (tertiary/aromatic N) is 1. The van der Waals surface area contributed by atoms with Crippen LogP contribution in [-0.2, 0) is 16.6 Å². The number of thioether (sulfide) groups is 1. The molecule has 1 unspecified atom stereocenters. The molecule has 0 fully saturated rings. The van der Waals surface area contributed by atoms with E-state index in [9.17, 15) is 8.42 Å². The summed E-state index contributed by atoms with van der Waals surface area (Å²) in [6, 6.07) is 7.11. The topological polar surface area (TPSA) is 49.4 Å². The molecule has 20 heavy (non-hydrogen) atoms. The lowest BCUT2D eigenvalue weighted by atomic mass is 10.2. The van der Waals surface area contributed by atoms with Crippen LogP contribution >= 0.6 is 11.8 Å². The summed E-state index contributed by atoms with van der Waals surface area (Å²) in [6.07, 6.45) is 2.88. The molecule has 0 aliphatic carbocycles. The maximum absolute atomic E-state index is 12.6. The van der Waals surface area contributed by atoms with E-state index in [1.165, 1.54) is 4.31 Å². The molecule has 4 nitrogen and oxygen atoms in total. The van der Waals surface area contributed by atoms with Crippen molar-refractivity contribution in [3.05, 3.63) is 29.8 Å². The summed E-state index contributed by atoms with van der Waals surface area (Å²) in [5, 5.41) is 3.03. The number of hydrogen-bond donors (Lipinski definition) is 1. The third kappa shape index (κ3) is 4.48. The second kappa shape index (κ2) is 8.02. The molecule has 0 aliphatic rings. The molecular weight excluding hydrogens is 292 g/mol. The number of rotatable bonds is 8. The zero-order chi connectivity index (χ0) is 15.2. The van der Waals surface area contributed by atoms with E-state index in [0.717, 1.165) is 17.7 Å². The molecule has 0 amide bonds. The summed E-state index contributed by atoms with van der Waals surface area (Å²) in [6.45, 7) is 2.61. The minimum Gasteiger partial charge on any atom is -0.316 e. The third-order valence-electron chi connectivity index (χ3n) is 3.32. The van der Waals surface area contributed by atoms with Gasteiger partial charge in [-0.1, -0.05) is 12.1 Å². The van der Waals surface area contributed by atoms with Crippen LogP contribution in [0.5, 0.6) is 0 Å². The van der Waals surface area contributed by atoms with Crippen molar-refractivity contribution in [3.8, 4) is 0 Å². The average Bonchev–Trinajstić information content (AvgIpc) is 2.44. The molecule has 1 atom stereocenters. The van der Waals surface area contributed by atoms with E-state index in [2.05, 4.69) is 5.32 Å². The molecule has 0 aliphatic heterocycles. The van der Waals surface area contributed by atoms with Gasteiger partial charge in [-0.3, -0.25) is 0 Å². The quantitative estimate of drug-likeness (QED) is 0.798. The Hall–Kier alpha value is -0.560. The Kier molecular flexibility index (Phi) is 7.02. The first-order valence-electron chi connectivity index (χ1n) is 6.64. The lowest BCUT2D eigenvalue weighted by molar-refractivity contribution is 0.382. The first kappa shape index (κ1) is 17.5. The highest BCUT2D eigenvalue weighted by Gasteiger charge is 2.25. The van der Waals surface area contributed by atoms with Crippen molar-refractivity contribution in [1.29, 1.82) is 0 Å². The van der Waals surface area contributed by atoms with E-state index in [1.807, 2.05) is 26.3 Å². The highest BCUT2D eigenvalue weighted by atomic mass is 32.2. The van der Waals surface area contributed by atoms with Gasteiger partial charge in [-0.05, 0) is 50.1 Å². The van der Waals surface area contributed by atoms with Gasteiger partial charge in [-0.15, -0.1) is 0 Å². The van der Waals surface area contributed by atoms with E-state index in [4.69, 9.17) is 0 Å². The van der Waals surface area contributed by atoms with Crippen molar-refractivity contribution >= 4 is 21.8 Å². The Bertz CT molecular complexity index is 518. The Balaban J connectivity index is 2.94. The van der Waals surface area contributed by atoms with Crippen molar-refractivity contribution in [3.63, 3.8) is 0 Å². The van der Waals surface area contributed by atoms with Crippen LogP contribution in [0.1, 0.15) is 18.9 Å². The van der Waals surface area contributed by atoms with Gasteiger partial charge in [0.2, 0.25) is 10.0 Å². The second-order valence-electron chi connectivity index (χ2n) is 4.83. The van der Waals surface area contributed by atoms with Crippen LogP contribution in [0.2, 0.25) is 0 Å². The maximum atomic E-state index is 12.6. The minimum atomic E-state index is -3.41. The molecule has 0 heterocycles. The average molecular weight is 316 g/mol. The number of nitrogens with one attached hydrogen (secondary N) is 1. The third-order valence-corrected chi connectivity index (χ3v) is 5.93. The number of sulfonamides is 1. The van der Waals surface area contributed by atoms with Gasteiger partial charge >= 0.3 is 0 Å². The highest BCUT2D eigenvalue weighted by Crippen LogP contribution is 2.19. The zero-order valence-corrected chi connectivity index (χ0v) is 14.2. The van der Waals surface area contributed by atoms with E-state index >= 15 is 0 Å². The molecule has 1 rings (SSSR count). The van der Waals surface area contributed by atoms with Gasteiger partial charge in [0.15, 0.2) is 0 Å². The molecule has 0 radical (unpaired) electrons. The summed E-state index contributed by atoms with van der Waals surface area (Å²) >= 11 is 1.73. The summed E-state index contributed by atoms with van der Waals surface area (Å²) in [7, 11) is 0.0897. The number of benzene rings is 1. The van der Waals surface area contributed by atoms with Crippen LogP contribution in [-0.4, -0.2) is 44.9 Å². The normalized spacial score (nSPS) is 13.7. The zero-order valence-electron chi connectivity index (χ0n) is 12.6. The smallest absolute Gasteiger partial charge is 0.243 e. The number of hydrogen-bond acceptors (Lipinski definition) is 4. The standard InChI is InChI=1S/C14H24N2O2S2/c1-12(8-9-19-4)16(3)20(17,18)14-7-5-6-13(10-14)11-15-2/h5-7,10,12,15H,8-9,11H2,1-4H3. The van der Waals surface area contributed by atoms with Gasteiger partial charge in [0.25, 0.3) is 0 Å². The van der Waals surface area contributed by atoms with Gasteiger partial charge in [-0.25, -0.2) is 8.42 Å². The van der Waals surface area contributed by atoms with Gasteiger partial charge in [0, 0.05) is 19.6 Å². The van der Waals surface area contributed by atoms with Crippen LogP contribution in [0.3, 0.4) is 0 Å². The molecule has 0 spiro atoms. The highest BCUT2D eigenvalue weighted by molar-refractivity contribution is 7.98. The SMILES string of the molecule is CNCc1cccc(S(=O)(=O)N(C)C(C)CCSC)c1.